The maximum Gasteiger partial charge on any atom is 0.490 e. The fourth-order valence-corrected chi connectivity index (χ4v) is 3.61. The third kappa shape index (κ3) is 15.9. The monoisotopic (exact) mass is 699 g/mol. The molecule has 0 aliphatic carbocycles. The zero-order chi connectivity index (χ0) is 36.9. The lowest BCUT2D eigenvalue weighted by Crippen LogP contribution is -2.44. The molecule has 2 rings (SSSR count). The molecule has 0 aromatic carbocycles. The van der Waals surface area contributed by atoms with Gasteiger partial charge in [-0.25, -0.2) is 14.4 Å². The van der Waals surface area contributed by atoms with Gasteiger partial charge < -0.3 is 46.6 Å². The number of carbonyl (C=O) groups is 4. The number of aliphatic hydroxyl groups excluding tert-OH is 2. The molecule has 23 heteroatoms. The maximum atomic E-state index is 12.0. The van der Waals surface area contributed by atoms with Gasteiger partial charge in [0, 0.05) is 25.2 Å². The first-order valence-electron chi connectivity index (χ1n) is 13.3. The molecule has 47 heavy (non-hydrogen) atoms. The van der Waals surface area contributed by atoms with Crippen LogP contribution in [0.3, 0.4) is 0 Å². The Morgan fingerprint density at radius 1 is 0.979 bits per heavy atom. The number of hydrogen-bond acceptors (Lipinski definition) is 11. The van der Waals surface area contributed by atoms with E-state index in [1.165, 1.54) is 0 Å². The fraction of sp³-hybridized carbons (Fsp3) is 0.667. The van der Waals surface area contributed by atoms with E-state index in [1.807, 2.05) is 18.8 Å². The Balaban J connectivity index is 0.00000126. The number of halogens is 6. The lowest BCUT2D eigenvalue weighted by Gasteiger charge is -2.21. The maximum absolute atomic E-state index is 12.0. The number of aromatic amines is 1. The van der Waals surface area contributed by atoms with Gasteiger partial charge in [-0.3, -0.25) is 23.9 Å². The van der Waals surface area contributed by atoms with Crippen LogP contribution in [0.4, 0.5) is 26.3 Å². The van der Waals surface area contributed by atoms with Crippen molar-refractivity contribution in [2.24, 2.45) is 11.7 Å². The highest BCUT2D eigenvalue weighted by Gasteiger charge is 2.45. The molecule has 1 fully saturated rings. The topological polar surface area (TPSA) is 284 Å². The number of aliphatic hydroxyl groups is 2. The number of H-pyrrole nitrogens is 1. The quantitative estimate of drug-likeness (QED) is 0.0909. The molecule has 0 spiro atoms. The standard InChI is InChI=1S/C20H33N5O8.2C2HF3O2/c1-10(2)8-11(21)17(29)23-6-3-5-22-12(19(30)31)9-13-15(27)16(28)18(33-13)25-7-4-14(26)24-20(25)32;2*3-2(4,5)1(6)7/h4,7,10-13,15-16,18,22,27-28H,3,5-6,8-9,21H2,1-2H3,(H,23,29)(H,30,31)(H,24,26,32);2*(H,6,7)/t11-,12-,13+,15+,16+,18+;;/m0../s1. The summed E-state index contributed by atoms with van der Waals surface area (Å²) in [5.41, 5.74) is 4.34. The van der Waals surface area contributed by atoms with Crippen LogP contribution < -0.4 is 27.6 Å². The second kappa shape index (κ2) is 18.9. The number of nitrogens with two attached hydrogens (primary N) is 1. The molecular formula is C24H35F6N5O12. The van der Waals surface area contributed by atoms with Crippen LogP contribution in [0.15, 0.2) is 21.9 Å². The van der Waals surface area contributed by atoms with Crippen LogP contribution in [0.2, 0.25) is 0 Å². The Hall–Kier alpha value is -4.06. The number of rotatable bonds is 12. The first-order chi connectivity index (χ1) is 21.4. The largest absolute Gasteiger partial charge is 0.490 e. The van der Waals surface area contributed by atoms with E-state index in [2.05, 4.69) is 10.6 Å². The van der Waals surface area contributed by atoms with Gasteiger partial charge in [0.15, 0.2) is 6.23 Å². The van der Waals surface area contributed by atoms with Crippen LogP contribution >= 0.6 is 0 Å². The first kappa shape index (κ1) is 42.9. The van der Waals surface area contributed by atoms with Gasteiger partial charge in [0.1, 0.15) is 18.2 Å². The predicted molar refractivity (Wildman–Crippen MR) is 144 cm³/mol. The molecule has 6 atom stereocenters. The summed E-state index contributed by atoms with van der Waals surface area (Å²) >= 11 is 0. The smallest absolute Gasteiger partial charge is 0.480 e. The summed E-state index contributed by atoms with van der Waals surface area (Å²) in [6, 6.07) is -0.644. The molecule has 17 nitrogen and oxygen atoms in total. The highest BCUT2D eigenvalue weighted by molar-refractivity contribution is 5.81. The van der Waals surface area contributed by atoms with Crippen LogP contribution in [0.25, 0.3) is 0 Å². The van der Waals surface area contributed by atoms with Crippen molar-refractivity contribution in [3.8, 4) is 0 Å². The Kier molecular flexibility index (Phi) is 17.3. The number of hydrogen-bond donors (Lipinski definition) is 9. The number of amides is 1. The zero-order valence-electron chi connectivity index (χ0n) is 24.6. The van der Waals surface area contributed by atoms with E-state index >= 15 is 0 Å². The molecule has 0 unspecified atom stereocenters. The third-order valence-corrected chi connectivity index (χ3v) is 5.82. The number of ether oxygens (including phenoxy) is 1. The number of carboxylic acids is 3. The summed E-state index contributed by atoms with van der Waals surface area (Å²) in [5.74, 6) is -6.68. The number of nitrogens with zero attached hydrogens (tertiary/aromatic N) is 1. The van der Waals surface area contributed by atoms with Crippen molar-refractivity contribution in [3.05, 3.63) is 33.1 Å². The number of alkyl halides is 6. The number of carboxylic acid groups (broad SMARTS) is 3. The van der Waals surface area contributed by atoms with E-state index in [9.17, 15) is 60.8 Å². The molecule has 1 aromatic heterocycles. The summed E-state index contributed by atoms with van der Waals surface area (Å²) in [6.45, 7) is 4.50. The molecule has 1 aliphatic heterocycles. The van der Waals surface area contributed by atoms with Crippen LogP contribution in [-0.4, -0.2) is 115 Å². The van der Waals surface area contributed by atoms with E-state index in [0.29, 0.717) is 19.4 Å². The average molecular weight is 700 g/mol. The summed E-state index contributed by atoms with van der Waals surface area (Å²) in [7, 11) is 0. The van der Waals surface area contributed by atoms with Gasteiger partial charge in [-0.15, -0.1) is 0 Å². The lowest BCUT2D eigenvalue weighted by atomic mass is 10.0. The van der Waals surface area contributed by atoms with E-state index in [0.717, 1.165) is 16.8 Å². The van der Waals surface area contributed by atoms with E-state index < -0.39 is 78.1 Å². The van der Waals surface area contributed by atoms with Crippen molar-refractivity contribution in [3.63, 3.8) is 0 Å². The van der Waals surface area contributed by atoms with Crippen LogP contribution in [0.5, 0.6) is 0 Å². The van der Waals surface area contributed by atoms with Gasteiger partial charge in [-0.05, 0) is 25.3 Å². The van der Waals surface area contributed by atoms with Crippen LogP contribution in [0.1, 0.15) is 39.3 Å². The minimum atomic E-state index is -5.08. The Labute approximate surface area is 260 Å². The highest BCUT2D eigenvalue weighted by Crippen LogP contribution is 2.30. The highest BCUT2D eigenvalue weighted by atomic mass is 19.4. The van der Waals surface area contributed by atoms with E-state index in [4.69, 9.17) is 30.3 Å². The summed E-state index contributed by atoms with van der Waals surface area (Å²) < 4.78 is 70.0. The minimum Gasteiger partial charge on any atom is -0.480 e. The normalized spacial score (nSPS) is 20.6. The predicted octanol–water partition coefficient (Wildman–Crippen LogP) is -1.26. The zero-order valence-corrected chi connectivity index (χ0v) is 24.6. The number of aromatic nitrogens is 2. The van der Waals surface area contributed by atoms with Gasteiger partial charge in [-0.1, -0.05) is 13.8 Å². The molecule has 0 bridgehead atoms. The number of nitrogens with one attached hydrogen (secondary N) is 3. The molecule has 2 heterocycles. The second-order valence-corrected chi connectivity index (χ2v) is 10.1. The van der Waals surface area contributed by atoms with Gasteiger partial charge in [0.05, 0.1) is 12.1 Å². The fourth-order valence-electron chi connectivity index (χ4n) is 3.61. The minimum absolute atomic E-state index is 0.187. The van der Waals surface area contributed by atoms with Crippen molar-refractivity contribution < 1.29 is 75.8 Å². The van der Waals surface area contributed by atoms with Crippen molar-refractivity contribution >= 4 is 23.8 Å². The molecule has 1 aromatic rings. The van der Waals surface area contributed by atoms with Gasteiger partial charge in [0.25, 0.3) is 5.56 Å². The van der Waals surface area contributed by atoms with Crippen molar-refractivity contribution in [2.45, 2.75) is 82.1 Å². The molecule has 0 radical (unpaired) electrons. The van der Waals surface area contributed by atoms with Crippen molar-refractivity contribution in [1.29, 1.82) is 0 Å². The Morgan fingerprint density at radius 3 is 1.91 bits per heavy atom. The summed E-state index contributed by atoms with van der Waals surface area (Å²) in [6.07, 6.45) is -13.5. The molecule has 1 aliphatic rings. The second-order valence-electron chi connectivity index (χ2n) is 10.1. The Bertz CT molecular complexity index is 1280. The van der Waals surface area contributed by atoms with Gasteiger partial charge in [-0.2, -0.15) is 26.3 Å². The molecular weight excluding hydrogens is 664 g/mol. The lowest BCUT2D eigenvalue weighted by molar-refractivity contribution is -0.193. The molecule has 10 N–H and O–H groups in total. The molecule has 1 saturated heterocycles. The molecule has 0 saturated carbocycles. The van der Waals surface area contributed by atoms with E-state index in [1.54, 1.807) is 0 Å². The van der Waals surface area contributed by atoms with Crippen LogP contribution in [0, 0.1) is 5.92 Å². The van der Waals surface area contributed by atoms with E-state index in [-0.39, 0.29) is 24.8 Å². The van der Waals surface area contributed by atoms with Crippen LogP contribution in [-0.2, 0) is 23.9 Å². The summed E-state index contributed by atoms with van der Waals surface area (Å²) in [4.78, 5) is 66.5. The molecule has 1 amide bonds. The van der Waals surface area contributed by atoms with Crippen molar-refractivity contribution in [1.82, 2.24) is 20.2 Å². The van der Waals surface area contributed by atoms with Gasteiger partial charge in [0.2, 0.25) is 5.91 Å². The first-order valence-corrected chi connectivity index (χ1v) is 13.3. The number of carbonyl (C=O) groups excluding carboxylic acids is 1. The molecule has 270 valence electrons. The third-order valence-electron chi connectivity index (χ3n) is 5.82. The summed E-state index contributed by atoms with van der Waals surface area (Å²) in [5, 5.41) is 49.9. The Morgan fingerprint density at radius 2 is 1.49 bits per heavy atom. The SMILES string of the molecule is CC(C)C[C@H](N)C(=O)NCCCN[C@@H](C[C@H]1O[C@@H](n2ccc(=O)[nH]c2=O)[C@H](O)[C@@H]1O)C(=O)O.O=C(O)C(F)(F)F.O=C(O)C(F)(F)F. The van der Waals surface area contributed by atoms with Crippen molar-refractivity contribution in [2.75, 3.05) is 13.1 Å². The van der Waals surface area contributed by atoms with Gasteiger partial charge >= 0.3 is 36.0 Å². The average Bonchev–Trinajstić information content (AvgIpc) is 3.19. The number of aliphatic carboxylic acids is 3.